The first-order chi connectivity index (χ1) is 10.3. The molecule has 2 aromatic carbocycles. The molecule has 0 aliphatic carbocycles. The summed E-state index contributed by atoms with van der Waals surface area (Å²) in [5.74, 6) is 1.21. The lowest BCUT2D eigenvalue weighted by atomic mass is 10.2. The van der Waals surface area contributed by atoms with Gasteiger partial charge in [0.2, 0.25) is 6.79 Å². The number of aromatic amines is 1. The van der Waals surface area contributed by atoms with Crippen LogP contribution >= 0.6 is 0 Å². The maximum Gasteiger partial charge on any atom is 0.360 e. The summed E-state index contributed by atoms with van der Waals surface area (Å²) in [4.78, 5) is 15.2. The molecule has 4 rings (SSSR count). The van der Waals surface area contributed by atoms with Gasteiger partial charge in [-0.3, -0.25) is 0 Å². The predicted molar refractivity (Wildman–Crippen MR) is 75.8 cm³/mol. The van der Waals surface area contributed by atoms with Crippen molar-refractivity contribution in [2.24, 2.45) is 0 Å². The summed E-state index contributed by atoms with van der Waals surface area (Å²) in [6.45, 7) is 0.189. The lowest BCUT2D eigenvalue weighted by Crippen LogP contribution is -2.08. The first-order valence-corrected chi connectivity index (χ1v) is 6.49. The number of benzene rings is 2. The van der Waals surface area contributed by atoms with Crippen LogP contribution < -0.4 is 14.2 Å². The Morgan fingerprint density at radius 2 is 1.90 bits per heavy atom. The lowest BCUT2D eigenvalue weighted by Gasteiger charge is -2.03. The van der Waals surface area contributed by atoms with Crippen molar-refractivity contribution in [3.8, 4) is 17.2 Å². The first kappa shape index (κ1) is 11.8. The number of fused-ring (bicyclic) bond motifs is 2. The van der Waals surface area contributed by atoms with Gasteiger partial charge in [-0.25, -0.2) is 4.79 Å². The van der Waals surface area contributed by atoms with E-state index in [0.29, 0.717) is 22.9 Å². The highest BCUT2D eigenvalue weighted by atomic mass is 16.7. The third-order valence-corrected chi connectivity index (χ3v) is 3.30. The Hall–Kier alpha value is -2.95. The van der Waals surface area contributed by atoms with Crippen molar-refractivity contribution in [2.75, 3.05) is 6.79 Å². The van der Waals surface area contributed by atoms with Crippen LogP contribution in [0.3, 0.4) is 0 Å². The number of H-pyrrole nitrogens is 1. The number of esters is 1. The maximum atomic E-state index is 12.2. The molecule has 0 atom stereocenters. The van der Waals surface area contributed by atoms with Gasteiger partial charge in [0.15, 0.2) is 11.5 Å². The van der Waals surface area contributed by atoms with Gasteiger partial charge in [-0.2, -0.15) is 0 Å². The van der Waals surface area contributed by atoms with E-state index < -0.39 is 5.97 Å². The van der Waals surface area contributed by atoms with E-state index >= 15 is 0 Å². The molecule has 0 amide bonds. The van der Waals surface area contributed by atoms with Crippen LogP contribution in [-0.2, 0) is 0 Å². The van der Waals surface area contributed by atoms with Gasteiger partial charge in [0.05, 0.1) is 0 Å². The molecule has 21 heavy (non-hydrogen) atoms. The summed E-state index contributed by atoms with van der Waals surface area (Å²) in [6, 6.07) is 14.5. The third-order valence-electron chi connectivity index (χ3n) is 3.30. The van der Waals surface area contributed by atoms with Crippen LogP contribution in [0.1, 0.15) is 10.5 Å². The summed E-state index contributed by atoms with van der Waals surface area (Å²) in [6.07, 6.45) is 0. The van der Waals surface area contributed by atoms with Crippen LogP contribution in [0.15, 0.2) is 48.5 Å². The number of aromatic nitrogens is 1. The summed E-state index contributed by atoms with van der Waals surface area (Å²) >= 11 is 0. The van der Waals surface area contributed by atoms with Crippen molar-refractivity contribution in [1.29, 1.82) is 0 Å². The number of para-hydroxylation sites is 1. The molecule has 0 radical (unpaired) electrons. The Morgan fingerprint density at radius 3 is 2.81 bits per heavy atom. The largest absolute Gasteiger partial charge is 0.454 e. The van der Waals surface area contributed by atoms with Crippen LogP contribution in [0.25, 0.3) is 10.9 Å². The smallest absolute Gasteiger partial charge is 0.360 e. The second-order valence-electron chi connectivity index (χ2n) is 4.67. The van der Waals surface area contributed by atoms with Gasteiger partial charge < -0.3 is 19.2 Å². The maximum absolute atomic E-state index is 12.2. The van der Waals surface area contributed by atoms with E-state index in [0.717, 1.165) is 10.9 Å². The molecule has 5 heteroatoms. The van der Waals surface area contributed by atoms with E-state index in [1.165, 1.54) is 0 Å². The number of rotatable bonds is 2. The molecular weight excluding hydrogens is 270 g/mol. The van der Waals surface area contributed by atoms with Gasteiger partial charge in [0.25, 0.3) is 0 Å². The Balaban J connectivity index is 1.60. The van der Waals surface area contributed by atoms with E-state index in [1.807, 2.05) is 24.3 Å². The average molecular weight is 281 g/mol. The van der Waals surface area contributed by atoms with Crippen molar-refractivity contribution >= 4 is 16.9 Å². The Morgan fingerprint density at radius 1 is 1.05 bits per heavy atom. The number of hydrogen-bond acceptors (Lipinski definition) is 4. The Kier molecular flexibility index (Phi) is 2.57. The van der Waals surface area contributed by atoms with Crippen molar-refractivity contribution in [3.63, 3.8) is 0 Å². The highest BCUT2D eigenvalue weighted by Gasteiger charge is 2.16. The molecule has 3 aromatic rings. The standard InChI is InChI=1S/C16H11NO4/c18-16(13-7-10-3-1-2-4-12(10)17-13)21-11-5-6-14-15(8-11)20-9-19-14/h1-8,17H,9H2. The lowest BCUT2D eigenvalue weighted by molar-refractivity contribution is 0.0729. The van der Waals surface area contributed by atoms with E-state index in [1.54, 1.807) is 24.3 Å². The minimum absolute atomic E-state index is 0.189. The average Bonchev–Trinajstić information content (AvgIpc) is 3.13. The second kappa shape index (κ2) is 4.56. The monoisotopic (exact) mass is 281 g/mol. The molecule has 0 fully saturated rings. The van der Waals surface area contributed by atoms with Crippen LogP contribution in [0.4, 0.5) is 0 Å². The molecule has 0 unspecified atom stereocenters. The number of carbonyl (C=O) groups excluding carboxylic acids is 1. The number of ether oxygens (including phenoxy) is 3. The molecule has 1 N–H and O–H groups in total. The van der Waals surface area contributed by atoms with Gasteiger partial charge in [-0.15, -0.1) is 0 Å². The molecular formula is C16H11NO4. The highest BCUT2D eigenvalue weighted by Crippen LogP contribution is 2.35. The molecule has 1 aliphatic heterocycles. The molecule has 0 bridgehead atoms. The molecule has 0 spiro atoms. The molecule has 0 saturated carbocycles. The van der Waals surface area contributed by atoms with Gasteiger partial charge in [-0.1, -0.05) is 18.2 Å². The summed E-state index contributed by atoms with van der Waals surface area (Å²) in [7, 11) is 0. The fourth-order valence-corrected chi connectivity index (χ4v) is 2.29. The summed E-state index contributed by atoms with van der Waals surface area (Å²) in [5.41, 5.74) is 1.31. The van der Waals surface area contributed by atoms with Gasteiger partial charge in [0.1, 0.15) is 11.4 Å². The molecule has 2 heterocycles. The zero-order valence-corrected chi connectivity index (χ0v) is 11.0. The van der Waals surface area contributed by atoms with E-state index in [9.17, 15) is 4.79 Å². The molecule has 1 aliphatic rings. The topological polar surface area (TPSA) is 60.6 Å². The highest BCUT2D eigenvalue weighted by molar-refractivity contribution is 5.95. The minimum Gasteiger partial charge on any atom is -0.454 e. The fourth-order valence-electron chi connectivity index (χ4n) is 2.29. The van der Waals surface area contributed by atoms with Crippen LogP contribution in [0.5, 0.6) is 17.2 Å². The first-order valence-electron chi connectivity index (χ1n) is 6.49. The number of carbonyl (C=O) groups is 1. The van der Waals surface area contributed by atoms with E-state index in [4.69, 9.17) is 14.2 Å². The Labute approximate surface area is 120 Å². The van der Waals surface area contributed by atoms with Gasteiger partial charge >= 0.3 is 5.97 Å². The normalized spacial score (nSPS) is 12.6. The fraction of sp³-hybridized carbons (Fsp3) is 0.0625. The third kappa shape index (κ3) is 2.08. The zero-order valence-electron chi connectivity index (χ0n) is 11.0. The zero-order chi connectivity index (χ0) is 14.2. The summed E-state index contributed by atoms with van der Waals surface area (Å²) < 4.78 is 15.8. The van der Waals surface area contributed by atoms with E-state index in [-0.39, 0.29) is 6.79 Å². The van der Waals surface area contributed by atoms with Crippen LogP contribution in [0.2, 0.25) is 0 Å². The van der Waals surface area contributed by atoms with Crippen molar-refractivity contribution in [3.05, 3.63) is 54.2 Å². The van der Waals surface area contributed by atoms with Gasteiger partial charge in [0, 0.05) is 17.0 Å². The van der Waals surface area contributed by atoms with Crippen molar-refractivity contribution < 1.29 is 19.0 Å². The van der Waals surface area contributed by atoms with E-state index in [2.05, 4.69) is 4.98 Å². The summed E-state index contributed by atoms with van der Waals surface area (Å²) in [5, 5.41) is 0.968. The predicted octanol–water partition coefficient (Wildman–Crippen LogP) is 3.12. The van der Waals surface area contributed by atoms with Crippen LogP contribution in [0, 0.1) is 0 Å². The minimum atomic E-state index is -0.440. The number of nitrogens with one attached hydrogen (secondary N) is 1. The molecule has 5 nitrogen and oxygen atoms in total. The van der Waals surface area contributed by atoms with Crippen molar-refractivity contribution in [1.82, 2.24) is 4.98 Å². The van der Waals surface area contributed by atoms with Crippen molar-refractivity contribution in [2.45, 2.75) is 0 Å². The SMILES string of the molecule is O=C(Oc1ccc2c(c1)OCO2)c1cc2ccccc2[nH]1. The number of hydrogen-bond donors (Lipinski definition) is 1. The second-order valence-corrected chi connectivity index (χ2v) is 4.67. The van der Waals surface area contributed by atoms with Gasteiger partial charge in [-0.05, 0) is 24.3 Å². The quantitative estimate of drug-likeness (QED) is 0.579. The van der Waals surface area contributed by atoms with Crippen LogP contribution in [-0.4, -0.2) is 17.7 Å². The molecule has 0 saturated heterocycles. The molecule has 1 aromatic heterocycles. The molecule has 104 valence electrons. The Bertz CT molecular complexity index is 804.